The normalized spacial score (nSPS) is 15.8. The van der Waals surface area contributed by atoms with E-state index in [1.165, 1.54) is 11.8 Å². The highest BCUT2D eigenvalue weighted by molar-refractivity contribution is 7.99. The van der Waals surface area contributed by atoms with Crippen molar-refractivity contribution in [3.05, 3.63) is 54.1 Å². The van der Waals surface area contributed by atoms with Gasteiger partial charge in [-0.25, -0.2) is 0 Å². The van der Waals surface area contributed by atoms with E-state index < -0.39 is 0 Å². The second-order valence-electron chi connectivity index (χ2n) is 8.63. The molecular weight excluding hydrogens is 462 g/mol. The summed E-state index contributed by atoms with van der Waals surface area (Å²) in [6.45, 7) is 7.58. The third-order valence-electron chi connectivity index (χ3n) is 6.18. The van der Waals surface area contributed by atoms with Crippen molar-refractivity contribution in [2.45, 2.75) is 38.4 Å². The van der Waals surface area contributed by atoms with Crippen LogP contribution >= 0.6 is 11.8 Å². The highest BCUT2D eigenvalue weighted by Gasteiger charge is 2.29. The summed E-state index contributed by atoms with van der Waals surface area (Å²) < 4.78 is 7.37. The van der Waals surface area contributed by atoms with Crippen LogP contribution in [-0.2, 0) is 9.59 Å². The molecule has 1 aliphatic rings. The van der Waals surface area contributed by atoms with Crippen LogP contribution in [0.15, 0.2) is 53.7 Å². The van der Waals surface area contributed by atoms with Gasteiger partial charge in [-0.15, -0.1) is 10.2 Å². The second-order valence-corrected chi connectivity index (χ2v) is 9.57. The van der Waals surface area contributed by atoms with E-state index in [1.807, 2.05) is 83.7 Å². The van der Waals surface area contributed by atoms with Gasteiger partial charge in [-0.3, -0.25) is 14.2 Å². The fourth-order valence-electron chi connectivity index (χ4n) is 4.21. The van der Waals surface area contributed by atoms with Crippen molar-refractivity contribution < 1.29 is 14.3 Å². The van der Waals surface area contributed by atoms with Crippen molar-refractivity contribution in [1.82, 2.24) is 24.6 Å². The predicted molar refractivity (Wildman–Crippen MR) is 137 cm³/mol. The van der Waals surface area contributed by atoms with Crippen molar-refractivity contribution in [2.75, 3.05) is 32.5 Å². The number of amides is 2. The van der Waals surface area contributed by atoms with Crippen LogP contribution in [0, 0.1) is 6.92 Å². The van der Waals surface area contributed by atoms with Crippen molar-refractivity contribution in [3.8, 4) is 22.8 Å². The standard InChI is InChI=1S/C26H31N5O3S/c1-5-23(32)30-14-13-29(16-19(30)3)24(33)17-35-26-28-27-25(20-7-6-8-22(15-20)34-4)31(26)21-11-9-18(2)10-12-21/h6-12,15,19H,5,13-14,16-17H2,1-4H3. The number of ether oxygens (including phenoxy) is 1. The third-order valence-corrected chi connectivity index (χ3v) is 7.09. The maximum absolute atomic E-state index is 13.0. The number of carbonyl (C=O) groups is 2. The number of nitrogens with zero attached hydrogens (tertiary/aromatic N) is 5. The van der Waals surface area contributed by atoms with Crippen LogP contribution in [0.1, 0.15) is 25.8 Å². The van der Waals surface area contributed by atoms with Gasteiger partial charge < -0.3 is 14.5 Å². The summed E-state index contributed by atoms with van der Waals surface area (Å²) >= 11 is 1.37. The monoisotopic (exact) mass is 493 g/mol. The average molecular weight is 494 g/mol. The lowest BCUT2D eigenvalue weighted by atomic mass is 10.2. The summed E-state index contributed by atoms with van der Waals surface area (Å²) in [5, 5.41) is 9.55. The summed E-state index contributed by atoms with van der Waals surface area (Å²) in [6.07, 6.45) is 0.485. The average Bonchev–Trinajstić information content (AvgIpc) is 3.31. The maximum Gasteiger partial charge on any atom is 0.233 e. The Morgan fingerprint density at radius 1 is 1.09 bits per heavy atom. The number of aryl methyl sites for hydroxylation is 1. The van der Waals surface area contributed by atoms with Crippen molar-refractivity contribution in [3.63, 3.8) is 0 Å². The quantitative estimate of drug-likeness (QED) is 0.466. The Morgan fingerprint density at radius 3 is 2.54 bits per heavy atom. The molecule has 2 amide bonds. The van der Waals surface area contributed by atoms with Crippen LogP contribution in [0.5, 0.6) is 5.75 Å². The Balaban J connectivity index is 1.55. The van der Waals surface area contributed by atoms with Crippen LogP contribution in [0.2, 0.25) is 0 Å². The molecule has 1 aromatic heterocycles. The lowest BCUT2D eigenvalue weighted by Crippen LogP contribution is -2.55. The van der Waals surface area contributed by atoms with Gasteiger partial charge in [0.1, 0.15) is 5.75 Å². The molecule has 9 heteroatoms. The van der Waals surface area contributed by atoms with Crippen molar-refractivity contribution >= 4 is 23.6 Å². The molecule has 0 N–H and O–H groups in total. The molecule has 0 radical (unpaired) electrons. The molecule has 3 aromatic rings. The molecule has 2 heterocycles. The van der Waals surface area contributed by atoms with E-state index in [4.69, 9.17) is 4.74 Å². The summed E-state index contributed by atoms with van der Waals surface area (Å²) in [6, 6.07) is 15.9. The van der Waals surface area contributed by atoms with Gasteiger partial charge in [-0.2, -0.15) is 0 Å². The molecule has 0 bridgehead atoms. The van der Waals surface area contributed by atoms with Gasteiger partial charge in [0, 0.05) is 43.3 Å². The Kier molecular flexibility index (Phi) is 7.75. The molecule has 35 heavy (non-hydrogen) atoms. The first-order valence-corrected chi connectivity index (χ1v) is 12.8. The number of thioether (sulfide) groups is 1. The maximum atomic E-state index is 13.0. The topological polar surface area (TPSA) is 80.6 Å². The molecule has 0 saturated carbocycles. The summed E-state index contributed by atoms with van der Waals surface area (Å²) in [7, 11) is 1.63. The van der Waals surface area contributed by atoms with Gasteiger partial charge in [0.2, 0.25) is 11.8 Å². The van der Waals surface area contributed by atoms with Crippen LogP contribution in [0.4, 0.5) is 0 Å². The van der Waals surface area contributed by atoms with Gasteiger partial charge in [-0.05, 0) is 38.1 Å². The molecule has 1 aliphatic heterocycles. The van der Waals surface area contributed by atoms with E-state index in [0.29, 0.717) is 37.0 Å². The molecule has 1 unspecified atom stereocenters. The molecule has 1 saturated heterocycles. The highest BCUT2D eigenvalue weighted by Crippen LogP contribution is 2.30. The SMILES string of the molecule is CCC(=O)N1CCN(C(=O)CSc2nnc(-c3cccc(OC)c3)n2-c2ccc(C)cc2)CC1C. The fourth-order valence-corrected chi connectivity index (χ4v) is 5.07. The van der Waals surface area contributed by atoms with Crippen molar-refractivity contribution in [2.24, 2.45) is 0 Å². The van der Waals surface area contributed by atoms with E-state index in [0.717, 1.165) is 22.6 Å². The second kappa shape index (κ2) is 10.9. The zero-order valence-corrected chi connectivity index (χ0v) is 21.4. The molecule has 8 nitrogen and oxygen atoms in total. The largest absolute Gasteiger partial charge is 0.497 e. The van der Waals surface area contributed by atoms with E-state index in [1.54, 1.807) is 7.11 Å². The summed E-state index contributed by atoms with van der Waals surface area (Å²) in [5.41, 5.74) is 2.96. The summed E-state index contributed by atoms with van der Waals surface area (Å²) in [5.74, 6) is 1.83. The van der Waals surface area contributed by atoms with Gasteiger partial charge in [0.25, 0.3) is 0 Å². The van der Waals surface area contributed by atoms with E-state index in [-0.39, 0.29) is 23.6 Å². The van der Waals surface area contributed by atoms with Crippen LogP contribution in [-0.4, -0.2) is 74.9 Å². The minimum atomic E-state index is 0.0148. The van der Waals surface area contributed by atoms with E-state index in [2.05, 4.69) is 10.2 Å². The molecule has 0 spiro atoms. The Bertz CT molecular complexity index is 1190. The third kappa shape index (κ3) is 5.51. The minimum Gasteiger partial charge on any atom is -0.497 e. The number of piperazine rings is 1. The molecular formula is C26H31N5O3S. The van der Waals surface area contributed by atoms with Crippen LogP contribution in [0.3, 0.4) is 0 Å². The van der Waals surface area contributed by atoms with Gasteiger partial charge >= 0.3 is 0 Å². The first-order valence-electron chi connectivity index (χ1n) is 11.8. The molecule has 1 atom stereocenters. The first kappa shape index (κ1) is 24.8. The van der Waals surface area contributed by atoms with Crippen LogP contribution in [0.25, 0.3) is 17.1 Å². The first-order chi connectivity index (χ1) is 16.9. The Morgan fingerprint density at radius 2 is 1.86 bits per heavy atom. The molecule has 0 aliphatic carbocycles. The molecule has 4 rings (SSSR count). The number of rotatable bonds is 7. The van der Waals surface area contributed by atoms with Gasteiger partial charge in [0.05, 0.1) is 12.9 Å². The summed E-state index contributed by atoms with van der Waals surface area (Å²) in [4.78, 5) is 28.9. The van der Waals surface area contributed by atoms with E-state index >= 15 is 0 Å². The molecule has 1 fully saturated rings. The number of methoxy groups -OCH3 is 1. The smallest absolute Gasteiger partial charge is 0.233 e. The van der Waals surface area contributed by atoms with Gasteiger partial charge in [0.15, 0.2) is 11.0 Å². The van der Waals surface area contributed by atoms with E-state index in [9.17, 15) is 9.59 Å². The predicted octanol–water partition coefficient (Wildman–Crippen LogP) is 3.81. The molecule has 2 aromatic carbocycles. The number of aromatic nitrogens is 3. The lowest BCUT2D eigenvalue weighted by molar-refractivity contribution is -0.141. The number of carbonyl (C=O) groups excluding carboxylic acids is 2. The van der Waals surface area contributed by atoms with Crippen molar-refractivity contribution in [1.29, 1.82) is 0 Å². The lowest BCUT2D eigenvalue weighted by Gasteiger charge is -2.39. The zero-order chi connectivity index (χ0) is 24.9. The minimum absolute atomic E-state index is 0.0148. The highest BCUT2D eigenvalue weighted by atomic mass is 32.2. The number of hydrogen-bond acceptors (Lipinski definition) is 6. The number of hydrogen-bond donors (Lipinski definition) is 0. The Hall–Kier alpha value is -3.33. The van der Waals surface area contributed by atoms with Crippen LogP contribution < -0.4 is 4.74 Å². The Labute approximate surface area is 210 Å². The van der Waals surface area contributed by atoms with Gasteiger partial charge in [-0.1, -0.05) is 48.5 Å². The molecule has 184 valence electrons. The zero-order valence-electron chi connectivity index (χ0n) is 20.6. The number of benzene rings is 2. The fraction of sp³-hybridized carbons (Fsp3) is 0.385.